The van der Waals surface area contributed by atoms with Crippen LogP contribution < -0.4 is 4.72 Å². The van der Waals surface area contributed by atoms with Crippen molar-refractivity contribution in [1.82, 2.24) is 18.8 Å². The van der Waals surface area contributed by atoms with Gasteiger partial charge >= 0.3 is 0 Å². The molecule has 0 spiro atoms. The molecule has 1 aromatic heterocycles. The lowest BCUT2D eigenvalue weighted by atomic mass is 10.1. The van der Waals surface area contributed by atoms with E-state index in [9.17, 15) is 8.42 Å². The summed E-state index contributed by atoms with van der Waals surface area (Å²) in [5.41, 5.74) is 1.89. The number of nitriles is 1. The topological polar surface area (TPSA) is 91.0 Å². The Balaban J connectivity index is 2.04. The maximum absolute atomic E-state index is 12.1. The summed E-state index contributed by atoms with van der Waals surface area (Å²) in [6, 6.07) is 11.4. The molecule has 0 aliphatic carbocycles. The molecule has 0 amide bonds. The van der Waals surface area contributed by atoms with Gasteiger partial charge in [0.1, 0.15) is 0 Å². The Bertz CT molecular complexity index is 765. The quantitative estimate of drug-likeness (QED) is 0.783. The van der Waals surface area contributed by atoms with Crippen molar-refractivity contribution < 1.29 is 8.42 Å². The normalized spacial score (nSPS) is 11.5. The molecule has 8 heteroatoms. The summed E-state index contributed by atoms with van der Waals surface area (Å²) >= 11 is 0. The molecule has 0 atom stereocenters. The van der Waals surface area contributed by atoms with Crippen molar-refractivity contribution in [2.24, 2.45) is 0 Å². The van der Waals surface area contributed by atoms with E-state index in [1.54, 1.807) is 10.9 Å². The highest BCUT2D eigenvalue weighted by Gasteiger charge is 2.17. The minimum Gasteiger partial charge on any atom is -0.268 e. The van der Waals surface area contributed by atoms with Gasteiger partial charge in [-0.2, -0.15) is 27.8 Å². The Hall–Kier alpha value is -2.21. The van der Waals surface area contributed by atoms with Gasteiger partial charge in [-0.1, -0.05) is 24.3 Å². The van der Waals surface area contributed by atoms with Gasteiger partial charge < -0.3 is 0 Å². The Labute approximate surface area is 136 Å². The van der Waals surface area contributed by atoms with Gasteiger partial charge in [0.15, 0.2) is 0 Å². The van der Waals surface area contributed by atoms with Crippen LogP contribution >= 0.6 is 0 Å². The second-order valence-corrected chi connectivity index (χ2v) is 6.89. The molecule has 0 saturated carbocycles. The average molecular weight is 333 g/mol. The van der Waals surface area contributed by atoms with Crippen molar-refractivity contribution in [2.75, 3.05) is 13.6 Å². The van der Waals surface area contributed by atoms with Gasteiger partial charge in [0, 0.05) is 39.0 Å². The Morgan fingerprint density at radius 2 is 2.04 bits per heavy atom. The zero-order valence-corrected chi connectivity index (χ0v) is 13.7. The van der Waals surface area contributed by atoms with E-state index in [0.717, 1.165) is 15.4 Å². The molecule has 0 fully saturated rings. The summed E-state index contributed by atoms with van der Waals surface area (Å²) in [7, 11) is -2.15. The van der Waals surface area contributed by atoms with Crippen LogP contribution in [0, 0.1) is 11.3 Å². The Morgan fingerprint density at radius 1 is 1.30 bits per heavy atom. The molecule has 122 valence electrons. The van der Waals surface area contributed by atoms with E-state index < -0.39 is 10.2 Å². The van der Waals surface area contributed by atoms with Crippen molar-refractivity contribution in [3.63, 3.8) is 0 Å². The first-order valence-electron chi connectivity index (χ1n) is 7.15. The number of hydrogen-bond donors (Lipinski definition) is 1. The fourth-order valence-corrected chi connectivity index (χ4v) is 2.95. The van der Waals surface area contributed by atoms with Crippen LogP contribution in [-0.4, -0.2) is 36.1 Å². The zero-order valence-electron chi connectivity index (χ0n) is 12.9. The van der Waals surface area contributed by atoms with E-state index in [2.05, 4.69) is 9.82 Å². The van der Waals surface area contributed by atoms with Crippen LogP contribution in [0.25, 0.3) is 0 Å². The summed E-state index contributed by atoms with van der Waals surface area (Å²) in [6.07, 6.45) is 3.72. The molecule has 1 N–H and O–H groups in total. The number of nitrogens with zero attached hydrogens (tertiary/aromatic N) is 4. The smallest absolute Gasteiger partial charge is 0.268 e. The summed E-state index contributed by atoms with van der Waals surface area (Å²) in [6.45, 7) is 0.937. The lowest BCUT2D eigenvalue weighted by Gasteiger charge is -2.17. The first kappa shape index (κ1) is 17.1. The highest BCUT2D eigenvalue weighted by molar-refractivity contribution is 7.87. The van der Waals surface area contributed by atoms with Crippen molar-refractivity contribution in [3.05, 3.63) is 53.9 Å². The van der Waals surface area contributed by atoms with Crippen LogP contribution in [0.2, 0.25) is 0 Å². The van der Waals surface area contributed by atoms with Crippen LogP contribution in [-0.2, 0) is 23.3 Å². The van der Waals surface area contributed by atoms with Crippen LogP contribution in [0.3, 0.4) is 0 Å². The summed E-state index contributed by atoms with van der Waals surface area (Å²) in [5.74, 6) is 0. The lowest BCUT2D eigenvalue weighted by molar-refractivity contribution is 0.464. The van der Waals surface area contributed by atoms with Crippen LogP contribution in [0.4, 0.5) is 0 Å². The molecular formula is C15H19N5O2S. The molecule has 0 radical (unpaired) electrons. The fraction of sp³-hybridized carbons (Fsp3) is 0.333. The fourth-order valence-electron chi connectivity index (χ4n) is 2.06. The molecule has 23 heavy (non-hydrogen) atoms. The third-order valence-corrected chi connectivity index (χ3v) is 4.92. The molecule has 0 saturated heterocycles. The van der Waals surface area contributed by atoms with E-state index in [-0.39, 0.29) is 19.5 Å². The van der Waals surface area contributed by atoms with Gasteiger partial charge in [0.2, 0.25) is 0 Å². The number of rotatable bonds is 8. The van der Waals surface area contributed by atoms with Gasteiger partial charge in [0.25, 0.3) is 10.2 Å². The van der Waals surface area contributed by atoms with Gasteiger partial charge in [-0.15, -0.1) is 0 Å². The van der Waals surface area contributed by atoms with E-state index in [0.29, 0.717) is 6.54 Å². The predicted molar refractivity (Wildman–Crippen MR) is 86.4 cm³/mol. The third kappa shape index (κ3) is 4.89. The average Bonchev–Trinajstić information content (AvgIpc) is 3.04. The molecule has 0 unspecified atom stereocenters. The number of aromatic nitrogens is 2. The van der Waals surface area contributed by atoms with E-state index in [1.807, 2.05) is 42.6 Å². The zero-order chi connectivity index (χ0) is 16.7. The first-order valence-corrected chi connectivity index (χ1v) is 8.59. The van der Waals surface area contributed by atoms with Gasteiger partial charge in [-0.25, -0.2) is 0 Å². The minimum atomic E-state index is -3.60. The molecule has 0 aliphatic heterocycles. The standard InChI is InChI=1S/C15H19N5O2S/c1-19(10-4-8-16)23(21,22)18-12-14-6-2-3-7-15(14)13-20-11-5-9-17-20/h2-3,5-7,9,11,18H,4,10,12-13H2,1H3. The lowest BCUT2D eigenvalue weighted by Crippen LogP contribution is -2.38. The van der Waals surface area contributed by atoms with Gasteiger partial charge in [-0.05, 0) is 17.2 Å². The molecule has 2 aromatic rings. The second kappa shape index (κ2) is 7.87. The Morgan fingerprint density at radius 3 is 2.70 bits per heavy atom. The molecule has 7 nitrogen and oxygen atoms in total. The molecular weight excluding hydrogens is 314 g/mol. The SMILES string of the molecule is CN(CCC#N)S(=O)(=O)NCc1ccccc1Cn1cccn1. The molecule has 1 heterocycles. The highest BCUT2D eigenvalue weighted by atomic mass is 32.2. The number of benzene rings is 1. The van der Waals surface area contributed by atoms with E-state index in [1.165, 1.54) is 7.05 Å². The van der Waals surface area contributed by atoms with Gasteiger partial charge in [-0.3, -0.25) is 4.68 Å². The maximum Gasteiger partial charge on any atom is 0.279 e. The van der Waals surface area contributed by atoms with Crippen LogP contribution in [0.15, 0.2) is 42.7 Å². The minimum absolute atomic E-state index is 0.160. The van der Waals surface area contributed by atoms with Crippen molar-refractivity contribution in [1.29, 1.82) is 5.26 Å². The maximum atomic E-state index is 12.1. The van der Waals surface area contributed by atoms with Crippen molar-refractivity contribution in [3.8, 4) is 6.07 Å². The molecule has 0 aliphatic rings. The Kier molecular flexibility index (Phi) is 5.87. The second-order valence-electron chi connectivity index (χ2n) is 5.03. The molecule has 0 bridgehead atoms. The van der Waals surface area contributed by atoms with Crippen LogP contribution in [0.1, 0.15) is 17.5 Å². The summed E-state index contributed by atoms with van der Waals surface area (Å²) in [5, 5.41) is 12.7. The number of nitrogens with one attached hydrogen (secondary N) is 1. The van der Waals surface area contributed by atoms with Crippen LogP contribution in [0.5, 0.6) is 0 Å². The van der Waals surface area contributed by atoms with Crippen molar-refractivity contribution in [2.45, 2.75) is 19.5 Å². The summed E-state index contributed by atoms with van der Waals surface area (Å²) < 4.78 is 29.7. The predicted octanol–water partition coefficient (Wildman–Crippen LogP) is 1.11. The number of hydrogen-bond acceptors (Lipinski definition) is 4. The van der Waals surface area contributed by atoms with E-state index >= 15 is 0 Å². The first-order chi connectivity index (χ1) is 11.0. The molecule has 1 aromatic carbocycles. The van der Waals surface area contributed by atoms with E-state index in [4.69, 9.17) is 5.26 Å². The molecule has 2 rings (SSSR count). The monoisotopic (exact) mass is 333 g/mol. The summed E-state index contributed by atoms with van der Waals surface area (Å²) in [4.78, 5) is 0. The highest BCUT2D eigenvalue weighted by Crippen LogP contribution is 2.11. The van der Waals surface area contributed by atoms with Gasteiger partial charge in [0.05, 0.1) is 12.6 Å². The third-order valence-electron chi connectivity index (χ3n) is 3.40. The van der Waals surface area contributed by atoms with Crippen molar-refractivity contribution >= 4 is 10.2 Å². The largest absolute Gasteiger partial charge is 0.279 e.